The number of benzene rings is 2. The minimum Gasteiger partial charge on any atom is -0.458 e. The van der Waals surface area contributed by atoms with Crippen molar-refractivity contribution in [1.29, 1.82) is 0 Å². The Bertz CT molecular complexity index is 859. The zero-order chi connectivity index (χ0) is 16.8. The van der Waals surface area contributed by atoms with Crippen molar-refractivity contribution in [3.8, 4) is 11.4 Å². The minimum absolute atomic E-state index is 0.231. The van der Waals surface area contributed by atoms with Gasteiger partial charge in [-0.1, -0.05) is 54.1 Å². The van der Waals surface area contributed by atoms with Crippen molar-refractivity contribution in [2.75, 3.05) is 0 Å². The van der Waals surface area contributed by atoms with Crippen LogP contribution in [-0.4, -0.2) is 20.7 Å². The molecule has 0 aliphatic carbocycles. The lowest BCUT2D eigenvalue weighted by Gasteiger charge is -2.01. The molecule has 0 atom stereocenters. The SMILES string of the molecule is O=C(C=Cn1cnc(-c2cccc(Cl)c2)n1)OCc1ccccc1. The van der Waals surface area contributed by atoms with Crippen LogP contribution in [0.2, 0.25) is 5.02 Å². The van der Waals surface area contributed by atoms with E-state index in [2.05, 4.69) is 10.1 Å². The summed E-state index contributed by atoms with van der Waals surface area (Å²) in [6.07, 6.45) is 4.31. The molecule has 0 amide bonds. The van der Waals surface area contributed by atoms with Crippen LogP contribution in [0.4, 0.5) is 0 Å². The lowest BCUT2D eigenvalue weighted by atomic mass is 10.2. The maximum Gasteiger partial charge on any atom is 0.332 e. The van der Waals surface area contributed by atoms with Crippen molar-refractivity contribution in [2.45, 2.75) is 6.61 Å². The molecule has 0 fully saturated rings. The number of hydrogen-bond acceptors (Lipinski definition) is 4. The molecule has 0 unspecified atom stereocenters. The fraction of sp³-hybridized carbons (Fsp3) is 0.0556. The van der Waals surface area contributed by atoms with E-state index in [4.69, 9.17) is 16.3 Å². The van der Waals surface area contributed by atoms with E-state index >= 15 is 0 Å². The molecule has 0 N–H and O–H groups in total. The quantitative estimate of drug-likeness (QED) is 0.524. The predicted molar refractivity (Wildman–Crippen MR) is 92.0 cm³/mol. The van der Waals surface area contributed by atoms with Gasteiger partial charge in [0.05, 0.1) is 0 Å². The van der Waals surface area contributed by atoms with Crippen molar-refractivity contribution in [1.82, 2.24) is 14.8 Å². The van der Waals surface area contributed by atoms with Crippen molar-refractivity contribution in [3.05, 3.63) is 77.6 Å². The van der Waals surface area contributed by atoms with Crippen LogP contribution in [0.15, 0.2) is 67.0 Å². The average Bonchev–Trinajstić information content (AvgIpc) is 3.08. The molecule has 2 aromatic carbocycles. The molecule has 6 heteroatoms. The topological polar surface area (TPSA) is 57.0 Å². The van der Waals surface area contributed by atoms with Gasteiger partial charge >= 0.3 is 5.97 Å². The molecule has 5 nitrogen and oxygen atoms in total. The first-order valence-electron chi connectivity index (χ1n) is 7.27. The van der Waals surface area contributed by atoms with Crippen molar-refractivity contribution in [2.24, 2.45) is 0 Å². The van der Waals surface area contributed by atoms with Crippen LogP contribution < -0.4 is 0 Å². The number of ether oxygens (including phenoxy) is 1. The fourth-order valence-electron chi connectivity index (χ4n) is 2.02. The first-order chi connectivity index (χ1) is 11.7. The third-order valence-electron chi connectivity index (χ3n) is 3.18. The van der Waals surface area contributed by atoms with Crippen LogP contribution >= 0.6 is 11.6 Å². The molecule has 3 aromatic rings. The van der Waals surface area contributed by atoms with Gasteiger partial charge in [-0.2, -0.15) is 0 Å². The van der Waals surface area contributed by atoms with Gasteiger partial charge in [-0.25, -0.2) is 14.5 Å². The van der Waals surface area contributed by atoms with Crippen LogP contribution in [0.5, 0.6) is 0 Å². The van der Waals surface area contributed by atoms with E-state index in [1.165, 1.54) is 23.3 Å². The molecule has 0 saturated carbocycles. The lowest BCUT2D eigenvalue weighted by molar-refractivity contribution is -0.138. The molecule has 1 heterocycles. The Labute approximate surface area is 144 Å². The van der Waals surface area contributed by atoms with E-state index in [1.807, 2.05) is 42.5 Å². The zero-order valence-electron chi connectivity index (χ0n) is 12.7. The number of nitrogens with zero attached hydrogens (tertiary/aromatic N) is 3. The molecule has 120 valence electrons. The normalized spacial score (nSPS) is 10.9. The summed E-state index contributed by atoms with van der Waals surface area (Å²) in [5.41, 5.74) is 1.74. The molecule has 0 radical (unpaired) electrons. The van der Waals surface area contributed by atoms with Crippen molar-refractivity contribution in [3.63, 3.8) is 0 Å². The molecule has 1 aromatic heterocycles. The second-order valence-electron chi connectivity index (χ2n) is 4.97. The second kappa shape index (κ2) is 7.57. The highest BCUT2D eigenvalue weighted by Gasteiger charge is 2.04. The number of esters is 1. The summed E-state index contributed by atoms with van der Waals surface area (Å²) in [6, 6.07) is 16.7. The number of hydrogen-bond donors (Lipinski definition) is 0. The molecule has 0 spiro atoms. The van der Waals surface area contributed by atoms with E-state index in [-0.39, 0.29) is 6.61 Å². The molecule has 24 heavy (non-hydrogen) atoms. The minimum atomic E-state index is -0.446. The van der Waals surface area contributed by atoms with Gasteiger partial charge in [0.1, 0.15) is 12.9 Å². The molecule has 0 saturated heterocycles. The smallest absolute Gasteiger partial charge is 0.332 e. The fourth-order valence-corrected chi connectivity index (χ4v) is 2.21. The molecule has 0 aliphatic heterocycles. The molecule has 0 bridgehead atoms. The summed E-state index contributed by atoms with van der Waals surface area (Å²) < 4.78 is 6.60. The van der Waals surface area contributed by atoms with Gasteiger partial charge in [0.2, 0.25) is 0 Å². The summed E-state index contributed by atoms with van der Waals surface area (Å²) in [6.45, 7) is 0.231. The third-order valence-corrected chi connectivity index (χ3v) is 3.41. The average molecular weight is 340 g/mol. The molecule has 3 rings (SSSR count). The first-order valence-corrected chi connectivity index (χ1v) is 7.64. The summed E-state index contributed by atoms with van der Waals surface area (Å²) >= 11 is 5.95. The Morgan fingerprint density at radius 3 is 2.79 bits per heavy atom. The molecular weight excluding hydrogens is 326 g/mol. The summed E-state index contributed by atoms with van der Waals surface area (Å²) in [4.78, 5) is 15.9. The van der Waals surface area contributed by atoms with E-state index in [0.29, 0.717) is 10.8 Å². The van der Waals surface area contributed by atoms with Gasteiger partial charge in [0.25, 0.3) is 0 Å². The van der Waals surface area contributed by atoms with E-state index in [0.717, 1.165) is 11.1 Å². The van der Waals surface area contributed by atoms with E-state index in [1.54, 1.807) is 12.1 Å². The van der Waals surface area contributed by atoms with E-state index < -0.39 is 5.97 Å². The maximum absolute atomic E-state index is 11.7. The number of rotatable bonds is 5. The first kappa shape index (κ1) is 16.0. The van der Waals surface area contributed by atoms with E-state index in [9.17, 15) is 4.79 Å². The Kier molecular flexibility index (Phi) is 5.03. The van der Waals surface area contributed by atoms with Crippen molar-refractivity contribution >= 4 is 23.8 Å². The highest BCUT2D eigenvalue weighted by Crippen LogP contribution is 2.18. The van der Waals surface area contributed by atoms with Crippen LogP contribution in [0.1, 0.15) is 5.56 Å². The predicted octanol–water partition coefficient (Wildman–Crippen LogP) is 3.81. The van der Waals surface area contributed by atoms with Gasteiger partial charge in [-0.05, 0) is 17.7 Å². The zero-order valence-corrected chi connectivity index (χ0v) is 13.4. The molecule has 0 aliphatic rings. The van der Waals surface area contributed by atoms with Gasteiger partial charge < -0.3 is 4.74 Å². The Morgan fingerprint density at radius 1 is 1.17 bits per heavy atom. The van der Waals surface area contributed by atoms with Crippen molar-refractivity contribution < 1.29 is 9.53 Å². The highest BCUT2D eigenvalue weighted by atomic mass is 35.5. The lowest BCUT2D eigenvalue weighted by Crippen LogP contribution is -2.01. The second-order valence-corrected chi connectivity index (χ2v) is 5.40. The summed E-state index contributed by atoms with van der Waals surface area (Å²) in [7, 11) is 0. The Hall–Kier alpha value is -2.92. The van der Waals surface area contributed by atoms with Gasteiger partial charge in [-0.15, -0.1) is 5.10 Å². The number of aromatic nitrogens is 3. The van der Waals surface area contributed by atoms with Crippen LogP contribution in [0.3, 0.4) is 0 Å². The number of carbonyl (C=O) groups excluding carboxylic acids is 1. The largest absolute Gasteiger partial charge is 0.458 e. The van der Waals surface area contributed by atoms with Crippen LogP contribution in [0, 0.1) is 0 Å². The van der Waals surface area contributed by atoms with Crippen LogP contribution in [-0.2, 0) is 16.1 Å². The summed E-state index contributed by atoms with van der Waals surface area (Å²) in [5, 5.41) is 4.88. The van der Waals surface area contributed by atoms with Gasteiger partial charge in [-0.3, -0.25) is 0 Å². The maximum atomic E-state index is 11.7. The van der Waals surface area contributed by atoms with Gasteiger partial charge in [0, 0.05) is 22.9 Å². The monoisotopic (exact) mass is 339 g/mol. The molecular formula is C18H14ClN3O2. The standard InChI is InChI=1S/C18H14ClN3O2/c19-16-8-4-7-15(11-16)18-20-13-22(21-18)10-9-17(23)24-12-14-5-2-1-3-6-14/h1-11,13H,12H2. The number of carbonyl (C=O) groups is 1. The van der Waals surface area contributed by atoms with Crippen LogP contribution in [0.25, 0.3) is 17.6 Å². The Morgan fingerprint density at radius 2 is 2.00 bits per heavy atom. The highest BCUT2D eigenvalue weighted by molar-refractivity contribution is 6.30. The Balaban J connectivity index is 1.59. The third kappa shape index (κ3) is 4.30. The van der Waals surface area contributed by atoms with Gasteiger partial charge in [0.15, 0.2) is 5.82 Å². The summed E-state index contributed by atoms with van der Waals surface area (Å²) in [5.74, 6) is 0.0819. The number of halogens is 1.